The number of carbonyl (C=O) groups excluding carboxylic acids is 1. The summed E-state index contributed by atoms with van der Waals surface area (Å²) in [6.45, 7) is 0. The van der Waals surface area contributed by atoms with Crippen molar-refractivity contribution in [3.05, 3.63) is 42.4 Å². The number of rotatable bonds is 3. The zero-order valence-corrected chi connectivity index (χ0v) is 9.36. The SMILES string of the molecule is COC(=O)/C=C(\N)Nc1ccc2cc[nH]c2c1. The van der Waals surface area contributed by atoms with Crippen LogP contribution >= 0.6 is 0 Å². The first kappa shape index (κ1) is 11.1. The monoisotopic (exact) mass is 231 g/mol. The Hall–Kier alpha value is -2.43. The van der Waals surface area contributed by atoms with E-state index in [2.05, 4.69) is 15.0 Å². The van der Waals surface area contributed by atoms with Gasteiger partial charge in [-0.2, -0.15) is 0 Å². The van der Waals surface area contributed by atoms with E-state index in [0.717, 1.165) is 16.6 Å². The summed E-state index contributed by atoms with van der Waals surface area (Å²) in [6.07, 6.45) is 3.06. The lowest BCUT2D eigenvalue weighted by Crippen LogP contribution is -2.12. The maximum Gasteiger partial charge on any atom is 0.334 e. The third kappa shape index (κ3) is 2.57. The molecule has 2 aromatic rings. The van der Waals surface area contributed by atoms with Gasteiger partial charge in [0.2, 0.25) is 0 Å². The number of aromatic amines is 1. The summed E-state index contributed by atoms with van der Waals surface area (Å²) in [5.41, 5.74) is 7.44. The van der Waals surface area contributed by atoms with Gasteiger partial charge in [-0.1, -0.05) is 6.07 Å². The lowest BCUT2D eigenvalue weighted by Gasteiger charge is -2.06. The highest BCUT2D eigenvalue weighted by Crippen LogP contribution is 2.18. The number of hydrogen-bond donors (Lipinski definition) is 3. The Balaban J connectivity index is 2.17. The number of hydrogen-bond acceptors (Lipinski definition) is 4. The van der Waals surface area contributed by atoms with Gasteiger partial charge < -0.3 is 20.8 Å². The molecule has 1 heterocycles. The average molecular weight is 231 g/mol. The van der Waals surface area contributed by atoms with Gasteiger partial charge in [0.1, 0.15) is 5.82 Å². The number of benzene rings is 1. The Labute approximate surface area is 98.3 Å². The Morgan fingerprint density at radius 1 is 1.47 bits per heavy atom. The van der Waals surface area contributed by atoms with Crippen molar-refractivity contribution >= 4 is 22.6 Å². The number of methoxy groups -OCH3 is 1. The molecule has 0 saturated heterocycles. The molecular formula is C12H13N3O2. The van der Waals surface area contributed by atoms with Crippen LogP contribution in [0.1, 0.15) is 0 Å². The second kappa shape index (κ2) is 4.61. The molecule has 17 heavy (non-hydrogen) atoms. The molecule has 0 amide bonds. The average Bonchev–Trinajstić information content (AvgIpc) is 2.75. The van der Waals surface area contributed by atoms with E-state index in [0.29, 0.717) is 0 Å². The molecule has 1 aromatic carbocycles. The molecule has 0 aliphatic heterocycles. The first-order valence-corrected chi connectivity index (χ1v) is 5.08. The third-order valence-corrected chi connectivity index (χ3v) is 2.32. The van der Waals surface area contributed by atoms with Crippen LogP contribution in [-0.2, 0) is 9.53 Å². The van der Waals surface area contributed by atoms with Crippen molar-refractivity contribution < 1.29 is 9.53 Å². The van der Waals surface area contributed by atoms with E-state index < -0.39 is 5.97 Å². The molecule has 0 atom stereocenters. The van der Waals surface area contributed by atoms with Crippen LogP contribution in [0.3, 0.4) is 0 Å². The molecule has 5 heteroatoms. The van der Waals surface area contributed by atoms with E-state index in [9.17, 15) is 4.79 Å². The first-order chi connectivity index (χ1) is 8.19. The van der Waals surface area contributed by atoms with Gasteiger partial charge in [0.05, 0.1) is 13.2 Å². The second-order valence-corrected chi connectivity index (χ2v) is 3.53. The van der Waals surface area contributed by atoms with Crippen molar-refractivity contribution in [1.82, 2.24) is 4.98 Å². The number of H-pyrrole nitrogens is 1. The molecule has 4 N–H and O–H groups in total. The second-order valence-electron chi connectivity index (χ2n) is 3.53. The summed E-state index contributed by atoms with van der Waals surface area (Å²) >= 11 is 0. The molecule has 0 bridgehead atoms. The first-order valence-electron chi connectivity index (χ1n) is 5.08. The molecular weight excluding hydrogens is 218 g/mol. The van der Waals surface area contributed by atoms with Crippen LogP contribution in [0.4, 0.5) is 5.69 Å². The Morgan fingerprint density at radius 3 is 3.06 bits per heavy atom. The van der Waals surface area contributed by atoms with Crippen LogP contribution in [0.2, 0.25) is 0 Å². The van der Waals surface area contributed by atoms with Crippen molar-refractivity contribution in [2.75, 3.05) is 12.4 Å². The van der Waals surface area contributed by atoms with E-state index in [1.54, 1.807) is 0 Å². The van der Waals surface area contributed by atoms with Crippen LogP contribution in [0, 0.1) is 0 Å². The summed E-state index contributed by atoms with van der Waals surface area (Å²) in [7, 11) is 1.30. The quantitative estimate of drug-likeness (QED) is 0.553. The zero-order valence-electron chi connectivity index (χ0n) is 9.36. The minimum absolute atomic E-state index is 0.239. The Kier molecular flexibility index (Phi) is 3.00. The Bertz CT molecular complexity index is 572. The maximum absolute atomic E-state index is 11.0. The van der Waals surface area contributed by atoms with E-state index in [-0.39, 0.29) is 5.82 Å². The fraction of sp³-hybridized carbons (Fsp3) is 0.0833. The van der Waals surface area contributed by atoms with Crippen molar-refractivity contribution in [3.63, 3.8) is 0 Å². The number of esters is 1. The van der Waals surface area contributed by atoms with E-state index in [4.69, 9.17) is 5.73 Å². The van der Waals surface area contributed by atoms with E-state index in [1.807, 2.05) is 30.5 Å². The Morgan fingerprint density at radius 2 is 2.29 bits per heavy atom. The van der Waals surface area contributed by atoms with Crippen LogP contribution in [0.15, 0.2) is 42.4 Å². The number of fused-ring (bicyclic) bond motifs is 1. The smallest absolute Gasteiger partial charge is 0.334 e. The van der Waals surface area contributed by atoms with Crippen LogP contribution < -0.4 is 11.1 Å². The maximum atomic E-state index is 11.0. The van der Waals surface area contributed by atoms with Crippen LogP contribution in [0.5, 0.6) is 0 Å². The molecule has 0 fully saturated rings. The fourth-order valence-corrected chi connectivity index (χ4v) is 1.51. The molecule has 0 unspecified atom stereocenters. The predicted octanol–water partition coefficient (Wildman–Crippen LogP) is 1.55. The molecule has 88 valence electrons. The van der Waals surface area contributed by atoms with Crippen molar-refractivity contribution in [2.24, 2.45) is 5.73 Å². The minimum atomic E-state index is -0.490. The topological polar surface area (TPSA) is 80.1 Å². The highest BCUT2D eigenvalue weighted by atomic mass is 16.5. The van der Waals surface area contributed by atoms with Crippen molar-refractivity contribution in [2.45, 2.75) is 0 Å². The van der Waals surface area contributed by atoms with Gasteiger partial charge in [0.15, 0.2) is 0 Å². The zero-order chi connectivity index (χ0) is 12.3. The van der Waals surface area contributed by atoms with Gasteiger partial charge in [0.25, 0.3) is 0 Å². The number of nitrogens with two attached hydrogens (primary N) is 1. The highest BCUT2D eigenvalue weighted by Gasteiger charge is 2.00. The normalized spacial score (nSPS) is 11.5. The van der Waals surface area contributed by atoms with Crippen molar-refractivity contribution in [1.29, 1.82) is 0 Å². The molecule has 0 spiro atoms. The van der Waals surface area contributed by atoms with Crippen LogP contribution in [0.25, 0.3) is 10.9 Å². The van der Waals surface area contributed by atoms with Crippen LogP contribution in [-0.4, -0.2) is 18.1 Å². The predicted molar refractivity (Wildman–Crippen MR) is 66.2 cm³/mol. The summed E-state index contributed by atoms with van der Waals surface area (Å²) in [5, 5.41) is 4.02. The van der Waals surface area contributed by atoms with Gasteiger partial charge >= 0.3 is 5.97 Å². The molecule has 1 aromatic heterocycles. The molecule has 0 aliphatic carbocycles. The van der Waals surface area contributed by atoms with Gasteiger partial charge in [-0.25, -0.2) is 4.79 Å². The standard InChI is InChI=1S/C12H13N3O2/c1-17-12(16)7-11(13)15-9-3-2-8-4-5-14-10(8)6-9/h2-7,14-15H,13H2,1H3/b11-7+. The fourth-order valence-electron chi connectivity index (χ4n) is 1.51. The molecule has 0 saturated carbocycles. The van der Waals surface area contributed by atoms with Gasteiger partial charge in [-0.3, -0.25) is 0 Å². The number of nitrogens with one attached hydrogen (secondary N) is 2. The van der Waals surface area contributed by atoms with Gasteiger partial charge in [-0.15, -0.1) is 0 Å². The largest absolute Gasteiger partial charge is 0.466 e. The third-order valence-electron chi connectivity index (χ3n) is 2.32. The van der Waals surface area contributed by atoms with Gasteiger partial charge in [0, 0.05) is 17.4 Å². The molecule has 0 aliphatic rings. The molecule has 5 nitrogen and oxygen atoms in total. The summed E-state index contributed by atoms with van der Waals surface area (Å²) < 4.78 is 4.47. The number of anilines is 1. The number of carbonyl (C=O) groups is 1. The summed E-state index contributed by atoms with van der Waals surface area (Å²) in [5.74, 6) is -0.251. The minimum Gasteiger partial charge on any atom is -0.466 e. The van der Waals surface area contributed by atoms with E-state index >= 15 is 0 Å². The summed E-state index contributed by atoms with van der Waals surface area (Å²) in [4.78, 5) is 14.1. The number of ether oxygens (including phenoxy) is 1. The molecule has 2 rings (SSSR count). The van der Waals surface area contributed by atoms with Gasteiger partial charge in [-0.05, 0) is 23.6 Å². The molecule has 0 radical (unpaired) electrons. The highest BCUT2D eigenvalue weighted by molar-refractivity contribution is 5.85. The lowest BCUT2D eigenvalue weighted by atomic mass is 10.2. The summed E-state index contributed by atoms with van der Waals surface area (Å²) in [6, 6.07) is 7.73. The van der Waals surface area contributed by atoms with E-state index in [1.165, 1.54) is 13.2 Å². The van der Waals surface area contributed by atoms with Crippen molar-refractivity contribution in [3.8, 4) is 0 Å². The number of aromatic nitrogens is 1. The lowest BCUT2D eigenvalue weighted by molar-refractivity contribution is -0.134.